The highest BCUT2D eigenvalue weighted by atomic mass is 16.6. The summed E-state index contributed by atoms with van der Waals surface area (Å²) >= 11 is 0. The van der Waals surface area contributed by atoms with E-state index in [2.05, 4.69) is 10.6 Å². The zero-order chi connectivity index (χ0) is 13.8. The molecule has 7 heteroatoms. The van der Waals surface area contributed by atoms with Gasteiger partial charge >= 0.3 is 6.03 Å². The minimum Gasteiger partial charge on any atom is -0.379 e. The molecule has 7 nitrogen and oxygen atoms in total. The van der Waals surface area contributed by atoms with Crippen LogP contribution in [0.5, 0.6) is 0 Å². The number of urea groups is 1. The molecule has 1 aromatic carbocycles. The number of nitro groups is 1. The minimum absolute atomic E-state index is 0.000922. The highest BCUT2D eigenvalue weighted by Crippen LogP contribution is 2.21. The van der Waals surface area contributed by atoms with Crippen molar-refractivity contribution < 1.29 is 14.5 Å². The Hall–Kier alpha value is -2.15. The number of nitrogens with zero attached hydrogens (tertiary/aromatic N) is 1. The van der Waals surface area contributed by atoms with Crippen molar-refractivity contribution in [2.45, 2.75) is 19.4 Å². The molecule has 2 N–H and O–H groups in total. The smallest absolute Gasteiger partial charge is 0.319 e. The number of nitro benzene ring substituents is 1. The van der Waals surface area contributed by atoms with Gasteiger partial charge in [-0.2, -0.15) is 0 Å². The van der Waals surface area contributed by atoms with Crippen molar-refractivity contribution in [3.63, 3.8) is 0 Å². The average Bonchev–Trinajstić information content (AvgIpc) is 2.84. The zero-order valence-electron chi connectivity index (χ0n) is 10.5. The highest BCUT2D eigenvalue weighted by molar-refractivity contribution is 5.90. The molecule has 1 heterocycles. The lowest BCUT2D eigenvalue weighted by molar-refractivity contribution is -0.384. The number of nitrogens with one attached hydrogen (secondary N) is 2. The van der Waals surface area contributed by atoms with E-state index in [1.54, 1.807) is 13.0 Å². The van der Waals surface area contributed by atoms with Crippen molar-refractivity contribution in [3.05, 3.63) is 33.9 Å². The molecule has 0 spiro atoms. The van der Waals surface area contributed by atoms with Crippen molar-refractivity contribution in [3.8, 4) is 0 Å². The minimum atomic E-state index is -0.493. The standard InChI is InChI=1S/C12H15N3O4/c1-8-2-3-10(15(17)18)6-11(8)14-12(16)13-9-4-5-19-7-9/h2-3,6,9H,4-5,7H2,1H3,(H2,13,14,16). The molecule has 2 rings (SSSR count). The third kappa shape index (κ3) is 3.41. The molecule has 0 aliphatic carbocycles. The van der Waals surface area contributed by atoms with Crippen molar-refractivity contribution in [2.75, 3.05) is 18.5 Å². The lowest BCUT2D eigenvalue weighted by Crippen LogP contribution is -2.38. The largest absolute Gasteiger partial charge is 0.379 e. The Morgan fingerprint density at radius 1 is 1.53 bits per heavy atom. The van der Waals surface area contributed by atoms with Crippen LogP contribution < -0.4 is 10.6 Å². The predicted octanol–water partition coefficient (Wildman–Crippen LogP) is 1.81. The number of aryl methyl sites for hydroxylation is 1. The first-order valence-corrected chi connectivity index (χ1v) is 5.96. The van der Waals surface area contributed by atoms with Gasteiger partial charge in [0.1, 0.15) is 0 Å². The molecule has 19 heavy (non-hydrogen) atoms. The van der Waals surface area contributed by atoms with Gasteiger partial charge in [-0.25, -0.2) is 4.79 Å². The van der Waals surface area contributed by atoms with Crippen LogP contribution in [0.1, 0.15) is 12.0 Å². The molecule has 1 aliphatic heterocycles. The molecule has 1 fully saturated rings. The fourth-order valence-corrected chi connectivity index (χ4v) is 1.85. The van der Waals surface area contributed by atoms with Crippen LogP contribution in [0.4, 0.5) is 16.2 Å². The second-order valence-corrected chi connectivity index (χ2v) is 4.42. The molecular formula is C12H15N3O4. The van der Waals surface area contributed by atoms with Gasteiger partial charge in [0.05, 0.1) is 23.3 Å². The Morgan fingerprint density at radius 3 is 2.95 bits per heavy atom. The Kier molecular flexibility index (Phi) is 3.96. The van der Waals surface area contributed by atoms with E-state index in [0.717, 1.165) is 12.0 Å². The van der Waals surface area contributed by atoms with E-state index in [1.807, 2.05) is 0 Å². The Morgan fingerprint density at radius 2 is 2.32 bits per heavy atom. The topological polar surface area (TPSA) is 93.5 Å². The van der Waals surface area contributed by atoms with Gasteiger partial charge in [0.2, 0.25) is 0 Å². The molecule has 0 saturated carbocycles. The second-order valence-electron chi connectivity index (χ2n) is 4.42. The van der Waals surface area contributed by atoms with Gasteiger partial charge in [-0.1, -0.05) is 6.07 Å². The summed E-state index contributed by atoms with van der Waals surface area (Å²) in [7, 11) is 0. The van der Waals surface area contributed by atoms with E-state index < -0.39 is 4.92 Å². The second kappa shape index (κ2) is 5.66. The van der Waals surface area contributed by atoms with Crippen molar-refractivity contribution in [2.24, 2.45) is 0 Å². The van der Waals surface area contributed by atoms with Gasteiger partial charge < -0.3 is 15.4 Å². The van der Waals surface area contributed by atoms with E-state index in [-0.39, 0.29) is 17.8 Å². The number of carbonyl (C=O) groups is 1. The normalized spacial score (nSPS) is 18.1. The number of amides is 2. The molecule has 102 valence electrons. The first kappa shape index (κ1) is 13.3. The highest BCUT2D eigenvalue weighted by Gasteiger charge is 2.18. The fourth-order valence-electron chi connectivity index (χ4n) is 1.85. The maximum absolute atomic E-state index is 11.8. The molecule has 1 aromatic rings. The van der Waals surface area contributed by atoms with Crippen LogP contribution in [-0.2, 0) is 4.74 Å². The third-order valence-corrected chi connectivity index (χ3v) is 2.95. The summed E-state index contributed by atoms with van der Waals surface area (Å²) in [5, 5.41) is 16.1. The van der Waals surface area contributed by atoms with Crippen LogP contribution in [0.3, 0.4) is 0 Å². The van der Waals surface area contributed by atoms with Crippen molar-refractivity contribution >= 4 is 17.4 Å². The first-order valence-electron chi connectivity index (χ1n) is 5.96. The predicted molar refractivity (Wildman–Crippen MR) is 69.2 cm³/mol. The van der Waals surface area contributed by atoms with E-state index in [9.17, 15) is 14.9 Å². The van der Waals surface area contributed by atoms with Gasteiger partial charge in [0.15, 0.2) is 0 Å². The fraction of sp³-hybridized carbons (Fsp3) is 0.417. The van der Waals surface area contributed by atoms with E-state index >= 15 is 0 Å². The summed E-state index contributed by atoms with van der Waals surface area (Å²) in [5.74, 6) is 0. The number of ether oxygens (including phenoxy) is 1. The monoisotopic (exact) mass is 265 g/mol. The quantitative estimate of drug-likeness (QED) is 0.643. The summed E-state index contributed by atoms with van der Waals surface area (Å²) in [6, 6.07) is 3.98. The van der Waals surface area contributed by atoms with E-state index in [1.165, 1.54) is 12.1 Å². The van der Waals surface area contributed by atoms with Gasteiger partial charge in [0.25, 0.3) is 5.69 Å². The number of rotatable bonds is 3. The molecule has 0 radical (unpaired) electrons. The SMILES string of the molecule is Cc1ccc([N+](=O)[O-])cc1NC(=O)NC1CCOC1. The average molecular weight is 265 g/mol. The van der Waals surface area contributed by atoms with Gasteiger partial charge in [-0.3, -0.25) is 10.1 Å². The molecule has 1 atom stereocenters. The Labute approximate surface area is 110 Å². The van der Waals surface area contributed by atoms with Crippen molar-refractivity contribution in [1.29, 1.82) is 0 Å². The Balaban J connectivity index is 2.02. The van der Waals surface area contributed by atoms with Gasteiger partial charge in [0, 0.05) is 18.7 Å². The maximum atomic E-state index is 11.8. The number of hydrogen-bond donors (Lipinski definition) is 2. The zero-order valence-corrected chi connectivity index (χ0v) is 10.5. The summed E-state index contributed by atoms with van der Waals surface area (Å²) < 4.78 is 5.15. The summed E-state index contributed by atoms with van der Waals surface area (Å²) in [6.45, 7) is 2.92. The van der Waals surface area contributed by atoms with Crippen LogP contribution in [0.15, 0.2) is 18.2 Å². The lowest BCUT2D eigenvalue weighted by Gasteiger charge is -2.13. The third-order valence-electron chi connectivity index (χ3n) is 2.95. The van der Waals surface area contributed by atoms with E-state index in [0.29, 0.717) is 18.9 Å². The first-order chi connectivity index (χ1) is 9.06. The number of carbonyl (C=O) groups excluding carboxylic acids is 1. The van der Waals surface area contributed by atoms with Gasteiger partial charge in [-0.05, 0) is 18.9 Å². The molecule has 2 amide bonds. The number of benzene rings is 1. The van der Waals surface area contributed by atoms with Crippen LogP contribution in [-0.4, -0.2) is 30.2 Å². The Bertz CT molecular complexity index is 498. The summed E-state index contributed by atoms with van der Waals surface area (Å²) in [5.41, 5.74) is 1.15. The van der Waals surface area contributed by atoms with E-state index in [4.69, 9.17) is 4.74 Å². The molecule has 1 saturated heterocycles. The maximum Gasteiger partial charge on any atom is 0.319 e. The summed E-state index contributed by atoms with van der Waals surface area (Å²) in [6.07, 6.45) is 0.779. The van der Waals surface area contributed by atoms with Gasteiger partial charge in [-0.15, -0.1) is 0 Å². The molecule has 0 bridgehead atoms. The number of anilines is 1. The number of hydrogen-bond acceptors (Lipinski definition) is 4. The molecular weight excluding hydrogens is 250 g/mol. The molecule has 0 aromatic heterocycles. The van der Waals surface area contributed by atoms with Crippen LogP contribution >= 0.6 is 0 Å². The van der Waals surface area contributed by atoms with Crippen LogP contribution in [0, 0.1) is 17.0 Å². The van der Waals surface area contributed by atoms with Crippen LogP contribution in [0.25, 0.3) is 0 Å². The molecule has 1 unspecified atom stereocenters. The van der Waals surface area contributed by atoms with Crippen molar-refractivity contribution in [1.82, 2.24) is 5.32 Å². The van der Waals surface area contributed by atoms with Crippen LogP contribution in [0.2, 0.25) is 0 Å². The lowest BCUT2D eigenvalue weighted by atomic mass is 10.2. The molecule has 1 aliphatic rings. The summed E-state index contributed by atoms with van der Waals surface area (Å²) in [4.78, 5) is 22.0. The number of non-ortho nitro benzene ring substituents is 1.